The van der Waals surface area contributed by atoms with Gasteiger partial charge in [-0.2, -0.15) is 0 Å². The Morgan fingerprint density at radius 1 is 1.22 bits per heavy atom. The maximum absolute atomic E-state index is 12.9. The largest absolute Gasteiger partial charge is 0.462 e. The number of thiophene rings is 1. The molecular weight excluding hydrogens is 368 g/mol. The molecule has 1 atom stereocenters. The Bertz CT molecular complexity index is 1030. The van der Waals surface area contributed by atoms with Crippen molar-refractivity contribution in [3.63, 3.8) is 0 Å². The molecule has 7 nitrogen and oxygen atoms in total. The first-order valence-electron chi connectivity index (χ1n) is 8.39. The number of fused-ring (bicyclic) bond motifs is 1. The summed E-state index contributed by atoms with van der Waals surface area (Å²) in [7, 11) is 0. The Morgan fingerprint density at radius 3 is 2.67 bits per heavy atom. The molecule has 0 bridgehead atoms. The van der Waals surface area contributed by atoms with E-state index < -0.39 is 23.5 Å². The number of rotatable bonds is 6. The highest BCUT2D eigenvalue weighted by atomic mass is 32.1. The van der Waals surface area contributed by atoms with E-state index in [-0.39, 0.29) is 24.2 Å². The zero-order chi connectivity index (χ0) is 19.4. The van der Waals surface area contributed by atoms with Crippen molar-refractivity contribution < 1.29 is 19.1 Å². The number of nitrogens with zero attached hydrogens (tertiary/aromatic N) is 2. The van der Waals surface area contributed by atoms with Gasteiger partial charge in [-0.25, -0.2) is 14.6 Å². The summed E-state index contributed by atoms with van der Waals surface area (Å²) in [6.45, 7) is 3.56. The standard InChI is InChI=1S/C19H18N2O5S/c1-3-25-19(24)14-10-27-16-15(14)17(22)21(11-20-16)12(2)18(23)26-9-13-7-5-4-6-8-13/h4-8,10-12H,3,9H2,1-2H3. The van der Waals surface area contributed by atoms with Crippen molar-refractivity contribution >= 4 is 33.5 Å². The Kier molecular flexibility index (Phi) is 5.66. The van der Waals surface area contributed by atoms with Gasteiger partial charge in [-0.3, -0.25) is 9.36 Å². The maximum atomic E-state index is 12.9. The molecule has 8 heteroatoms. The lowest BCUT2D eigenvalue weighted by Gasteiger charge is -2.14. The Balaban J connectivity index is 1.86. The third kappa shape index (κ3) is 3.90. The van der Waals surface area contributed by atoms with E-state index in [0.717, 1.165) is 5.56 Å². The number of carbonyl (C=O) groups is 2. The summed E-state index contributed by atoms with van der Waals surface area (Å²) < 4.78 is 11.5. The summed E-state index contributed by atoms with van der Waals surface area (Å²) in [6.07, 6.45) is 1.30. The molecule has 27 heavy (non-hydrogen) atoms. The van der Waals surface area contributed by atoms with Crippen LogP contribution in [-0.4, -0.2) is 28.1 Å². The number of hydrogen-bond acceptors (Lipinski definition) is 7. The second-order valence-corrected chi connectivity index (χ2v) is 6.63. The molecule has 0 radical (unpaired) electrons. The predicted octanol–water partition coefficient (Wildman–Crippen LogP) is 2.94. The molecule has 0 aliphatic carbocycles. The third-order valence-corrected chi connectivity index (χ3v) is 4.88. The zero-order valence-corrected chi connectivity index (χ0v) is 15.7. The molecule has 2 heterocycles. The molecule has 3 aromatic rings. The molecule has 0 saturated heterocycles. The third-order valence-electron chi connectivity index (χ3n) is 4.00. The average molecular weight is 386 g/mol. The molecule has 1 unspecified atom stereocenters. The molecule has 0 amide bonds. The highest BCUT2D eigenvalue weighted by Crippen LogP contribution is 2.22. The predicted molar refractivity (Wildman–Crippen MR) is 101 cm³/mol. The Hall–Kier alpha value is -3.00. The lowest BCUT2D eigenvalue weighted by molar-refractivity contribution is -0.148. The minimum Gasteiger partial charge on any atom is -0.462 e. The van der Waals surface area contributed by atoms with Gasteiger partial charge in [-0.1, -0.05) is 30.3 Å². The van der Waals surface area contributed by atoms with Crippen LogP contribution < -0.4 is 5.56 Å². The molecule has 140 valence electrons. The van der Waals surface area contributed by atoms with Crippen LogP contribution in [0, 0.1) is 0 Å². The first-order valence-corrected chi connectivity index (χ1v) is 9.27. The van der Waals surface area contributed by atoms with Crippen molar-refractivity contribution in [1.29, 1.82) is 0 Å². The maximum Gasteiger partial charge on any atom is 0.339 e. The van der Waals surface area contributed by atoms with Gasteiger partial charge in [0.15, 0.2) is 0 Å². The van der Waals surface area contributed by atoms with Gasteiger partial charge in [-0.15, -0.1) is 11.3 Å². The van der Waals surface area contributed by atoms with Crippen molar-refractivity contribution in [2.45, 2.75) is 26.5 Å². The van der Waals surface area contributed by atoms with E-state index in [2.05, 4.69) is 4.98 Å². The quantitative estimate of drug-likeness (QED) is 0.605. The second-order valence-electron chi connectivity index (χ2n) is 5.78. The van der Waals surface area contributed by atoms with Crippen LogP contribution in [0.25, 0.3) is 10.2 Å². The van der Waals surface area contributed by atoms with Gasteiger partial charge in [0.05, 0.1) is 23.9 Å². The van der Waals surface area contributed by atoms with Crippen LogP contribution in [0.3, 0.4) is 0 Å². The summed E-state index contributed by atoms with van der Waals surface area (Å²) in [5, 5.41) is 1.70. The fourth-order valence-corrected chi connectivity index (χ4v) is 3.41. The van der Waals surface area contributed by atoms with E-state index in [9.17, 15) is 14.4 Å². The monoisotopic (exact) mass is 386 g/mol. The molecule has 0 N–H and O–H groups in total. The topological polar surface area (TPSA) is 87.5 Å². The molecule has 0 aliphatic rings. The summed E-state index contributed by atoms with van der Waals surface area (Å²) >= 11 is 1.18. The average Bonchev–Trinajstić information content (AvgIpc) is 3.12. The lowest BCUT2D eigenvalue weighted by atomic mass is 10.2. The van der Waals surface area contributed by atoms with Crippen molar-refractivity contribution in [1.82, 2.24) is 9.55 Å². The van der Waals surface area contributed by atoms with Gasteiger partial charge in [0.1, 0.15) is 17.5 Å². The van der Waals surface area contributed by atoms with Crippen LogP contribution in [0.4, 0.5) is 0 Å². The van der Waals surface area contributed by atoms with E-state index >= 15 is 0 Å². The molecule has 3 rings (SSSR count). The van der Waals surface area contributed by atoms with Gasteiger partial charge in [0.2, 0.25) is 0 Å². The van der Waals surface area contributed by atoms with Crippen LogP contribution in [0.1, 0.15) is 35.8 Å². The second kappa shape index (κ2) is 8.13. The molecule has 0 aliphatic heterocycles. The van der Waals surface area contributed by atoms with Gasteiger partial charge in [-0.05, 0) is 19.4 Å². The van der Waals surface area contributed by atoms with Gasteiger partial charge in [0, 0.05) is 5.38 Å². The van der Waals surface area contributed by atoms with Crippen LogP contribution in [0.15, 0.2) is 46.8 Å². The van der Waals surface area contributed by atoms with Crippen molar-refractivity contribution in [2.75, 3.05) is 6.61 Å². The molecule has 2 aromatic heterocycles. The van der Waals surface area contributed by atoms with Crippen LogP contribution in [0.5, 0.6) is 0 Å². The van der Waals surface area contributed by atoms with Crippen LogP contribution in [-0.2, 0) is 20.9 Å². The number of esters is 2. The van der Waals surface area contributed by atoms with E-state index in [1.807, 2.05) is 30.3 Å². The molecule has 1 aromatic carbocycles. The Labute approximate surface area is 159 Å². The summed E-state index contributed by atoms with van der Waals surface area (Å²) in [4.78, 5) is 41.9. The lowest BCUT2D eigenvalue weighted by Crippen LogP contribution is -2.30. The minimum atomic E-state index is -0.881. The number of ether oxygens (including phenoxy) is 2. The van der Waals surface area contributed by atoms with Gasteiger partial charge < -0.3 is 9.47 Å². The smallest absolute Gasteiger partial charge is 0.339 e. The van der Waals surface area contributed by atoms with Crippen molar-refractivity contribution in [2.24, 2.45) is 0 Å². The zero-order valence-electron chi connectivity index (χ0n) is 14.9. The van der Waals surface area contributed by atoms with Crippen molar-refractivity contribution in [3.8, 4) is 0 Å². The molecule has 0 fully saturated rings. The Morgan fingerprint density at radius 2 is 1.96 bits per heavy atom. The summed E-state index contributed by atoms with van der Waals surface area (Å²) in [5.74, 6) is -1.14. The van der Waals surface area contributed by atoms with Crippen LogP contribution >= 0.6 is 11.3 Å². The fraction of sp³-hybridized carbons (Fsp3) is 0.263. The number of hydrogen-bond donors (Lipinski definition) is 0. The van der Waals surface area contributed by atoms with E-state index in [4.69, 9.17) is 9.47 Å². The minimum absolute atomic E-state index is 0.112. The first kappa shape index (κ1) is 18.8. The number of benzene rings is 1. The van der Waals surface area contributed by atoms with E-state index in [1.165, 1.54) is 22.2 Å². The van der Waals surface area contributed by atoms with E-state index in [0.29, 0.717) is 4.83 Å². The van der Waals surface area contributed by atoms with Crippen molar-refractivity contribution in [3.05, 3.63) is 63.5 Å². The molecule has 0 saturated carbocycles. The fourth-order valence-electron chi connectivity index (χ4n) is 2.54. The summed E-state index contributed by atoms with van der Waals surface area (Å²) in [5.41, 5.74) is 0.531. The number of carbonyl (C=O) groups excluding carboxylic acids is 2. The van der Waals surface area contributed by atoms with Gasteiger partial charge in [0.25, 0.3) is 5.56 Å². The van der Waals surface area contributed by atoms with E-state index in [1.54, 1.807) is 19.2 Å². The SMILES string of the molecule is CCOC(=O)c1csc2ncn(C(C)C(=O)OCc3ccccc3)c(=O)c12. The van der Waals surface area contributed by atoms with Crippen LogP contribution in [0.2, 0.25) is 0 Å². The number of aromatic nitrogens is 2. The first-order chi connectivity index (χ1) is 13.0. The highest BCUT2D eigenvalue weighted by molar-refractivity contribution is 7.17. The highest BCUT2D eigenvalue weighted by Gasteiger charge is 2.23. The summed E-state index contributed by atoms with van der Waals surface area (Å²) in [6, 6.07) is 8.37. The molecule has 0 spiro atoms. The van der Waals surface area contributed by atoms with Gasteiger partial charge >= 0.3 is 11.9 Å². The molecular formula is C19H18N2O5S. The normalized spacial score (nSPS) is 11.9.